The number of aromatic amines is 1. The fourth-order valence-electron chi connectivity index (χ4n) is 7.75. The number of anilines is 2. The van der Waals surface area contributed by atoms with Crippen LogP contribution < -0.4 is 30.1 Å². The highest BCUT2D eigenvalue weighted by Crippen LogP contribution is 2.46. The monoisotopic (exact) mass is 853 g/mol. The zero-order valence-corrected chi connectivity index (χ0v) is 35.1. The van der Waals surface area contributed by atoms with Crippen molar-refractivity contribution in [3.8, 4) is 22.9 Å². The van der Waals surface area contributed by atoms with Gasteiger partial charge in [-0.15, -0.1) is 11.3 Å². The number of sulfonamides is 1. The van der Waals surface area contributed by atoms with Gasteiger partial charge in [-0.25, -0.2) is 23.1 Å². The lowest BCUT2D eigenvalue weighted by Gasteiger charge is -2.26. The zero-order chi connectivity index (χ0) is 42.0. The Morgan fingerprint density at radius 1 is 1.05 bits per heavy atom. The van der Waals surface area contributed by atoms with E-state index in [-0.39, 0.29) is 36.0 Å². The number of para-hydroxylation sites is 1. The SMILES string of the molecule is COc1ccc2c(O[C@@H]3C[C@@H](C(=O)N[C@]45C[C@H]4C=CCCCCCNc4ccccc4S(=O)(=O)NC5=O)N(C(=O)c4ccn[nH]4)C3)cc(-c3csc(NC(C)C)n3)nc2c1. The third-order valence-corrected chi connectivity index (χ3v) is 13.1. The van der Waals surface area contributed by atoms with Crippen LogP contribution in [0.1, 0.15) is 62.9 Å². The Labute approximate surface area is 351 Å². The molecule has 3 amide bonds. The first-order valence-corrected chi connectivity index (χ1v) is 22.4. The number of nitrogens with zero attached hydrogens (tertiary/aromatic N) is 4. The number of carbonyl (C=O) groups excluding carboxylic acids is 3. The maximum Gasteiger partial charge on any atom is 0.272 e. The Balaban J connectivity index is 1.10. The molecule has 314 valence electrons. The Bertz CT molecular complexity index is 2540. The van der Waals surface area contributed by atoms with E-state index >= 15 is 0 Å². The van der Waals surface area contributed by atoms with Gasteiger partial charge in [-0.05, 0) is 69.9 Å². The fourth-order valence-corrected chi connectivity index (χ4v) is 9.82. The number of ether oxygens (including phenoxy) is 2. The van der Waals surface area contributed by atoms with Crippen LogP contribution in [0, 0.1) is 5.92 Å². The number of allylic oxidation sites excluding steroid dienone is 1. The smallest absolute Gasteiger partial charge is 0.272 e. The van der Waals surface area contributed by atoms with Gasteiger partial charge in [0.25, 0.3) is 21.8 Å². The number of hydrogen-bond acceptors (Lipinski definition) is 13. The normalized spacial score (nSPS) is 22.7. The summed E-state index contributed by atoms with van der Waals surface area (Å²) in [5.74, 6) is -1.36. The number of rotatable bonds is 9. The van der Waals surface area contributed by atoms with Gasteiger partial charge in [0.2, 0.25) is 5.91 Å². The second kappa shape index (κ2) is 16.9. The minimum Gasteiger partial charge on any atom is -0.497 e. The number of thiazole rings is 1. The van der Waals surface area contributed by atoms with Gasteiger partial charge in [0.05, 0.1) is 30.6 Å². The largest absolute Gasteiger partial charge is 0.497 e. The molecule has 4 atom stereocenters. The molecule has 0 spiro atoms. The van der Waals surface area contributed by atoms with E-state index in [0.717, 1.165) is 30.8 Å². The Kier molecular flexibility index (Phi) is 11.5. The lowest BCUT2D eigenvalue weighted by Crippen LogP contribution is -2.56. The van der Waals surface area contributed by atoms with Crippen molar-refractivity contribution in [2.75, 3.05) is 30.8 Å². The molecule has 0 bridgehead atoms. The highest BCUT2D eigenvalue weighted by atomic mass is 32.2. The molecule has 5 heterocycles. The molecule has 5 aromatic rings. The van der Waals surface area contributed by atoms with Crippen LogP contribution in [0.2, 0.25) is 0 Å². The van der Waals surface area contributed by atoms with Crippen molar-refractivity contribution in [3.63, 3.8) is 0 Å². The first-order chi connectivity index (χ1) is 28.9. The number of H-pyrrole nitrogens is 1. The third-order valence-electron chi connectivity index (χ3n) is 10.9. The highest BCUT2D eigenvalue weighted by molar-refractivity contribution is 7.90. The van der Waals surface area contributed by atoms with Crippen LogP contribution in [-0.2, 0) is 19.6 Å². The van der Waals surface area contributed by atoms with Crippen LogP contribution in [-0.4, -0.2) is 95.1 Å². The number of methoxy groups -OCH3 is 1. The van der Waals surface area contributed by atoms with E-state index in [9.17, 15) is 22.8 Å². The van der Waals surface area contributed by atoms with Crippen molar-refractivity contribution >= 4 is 60.8 Å². The predicted molar refractivity (Wildman–Crippen MR) is 227 cm³/mol. The molecule has 0 radical (unpaired) electrons. The molecule has 3 aliphatic rings. The Hall–Kier alpha value is -6.01. The second-order valence-corrected chi connectivity index (χ2v) is 18.1. The number of hydrogen-bond donors (Lipinski definition) is 5. The predicted octanol–water partition coefficient (Wildman–Crippen LogP) is 5.49. The average Bonchev–Trinajstić information content (AvgIpc) is 3.69. The molecule has 8 rings (SSSR count). The standard InChI is InChI=1S/C42H47N9O7S2/c1-25(2)45-41-47-34(24-59-41)33-21-36(29-15-14-27(57-3)19-32(29)46-33)58-28-20-35(51(23-28)39(53)31-16-18-44-49-31)38(52)48-42-22-26(42)11-7-5-4-6-10-17-43-30-12-8-9-13-37(30)60(55,56)50-40(42)54/h7-9,11-16,18-19,21,24-26,28,35,43H,4-6,10,17,20,22-23H2,1-3H3,(H,44,49)(H,45,47)(H,48,52)(H,50,54)/t26-,28-,35+,42-/m1/s1. The molecular formula is C42H47N9O7S2. The minimum absolute atomic E-state index is 0.0189. The van der Waals surface area contributed by atoms with Gasteiger partial charge in [0.15, 0.2) is 5.13 Å². The summed E-state index contributed by atoms with van der Waals surface area (Å²) in [7, 11) is -2.77. The number of amides is 3. The van der Waals surface area contributed by atoms with Gasteiger partial charge in [-0.3, -0.25) is 19.5 Å². The van der Waals surface area contributed by atoms with Crippen molar-refractivity contribution in [2.24, 2.45) is 5.92 Å². The number of nitrogens with one attached hydrogen (secondary N) is 5. The highest BCUT2D eigenvalue weighted by Gasteiger charge is 2.61. The summed E-state index contributed by atoms with van der Waals surface area (Å²) in [5.41, 5.74) is 0.782. The summed E-state index contributed by atoms with van der Waals surface area (Å²) >= 11 is 1.46. The van der Waals surface area contributed by atoms with Crippen molar-refractivity contribution in [1.82, 2.24) is 35.1 Å². The molecule has 2 fully saturated rings. The molecule has 3 aromatic heterocycles. The van der Waals surface area contributed by atoms with Crippen LogP contribution in [0.15, 0.2) is 83.2 Å². The van der Waals surface area contributed by atoms with Gasteiger partial charge >= 0.3 is 0 Å². The van der Waals surface area contributed by atoms with Crippen LogP contribution in [0.4, 0.5) is 10.8 Å². The number of aromatic nitrogens is 4. The number of pyridine rings is 1. The summed E-state index contributed by atoms with van der Waals surface area (Å²) < 4.78 is 42.0. The van der Waals surface area contributed by atoms with Crippen molar-refractivity contribution in [1.29, 1.82) is 0 Å². The summed E-state index contributed by atoms with van der Waals surface area (Å²) in [4.78, 5) is 53.7. The molecule has 18 heteroatoms. The molecule has 5 N–H and O–H groups in total. The second-order valence-electron chi connectivity index (χ2n) is 15.6. The molecule has 1 saturated heterocycles. The number of carbonyl (C=O) groups is 3. The number of fused-ring (bicyclic) bond motifs is 3. The molecule has 2 aromatic carbocycles. The molecule has 1 saturated carbocycles. The summed E-state index contributed by atoms with van der Waals surface area (Å²) in [6.45, 7) is 4.66. The minimum atomic E-state index is -4.35. The van der Waals surface area contributed by atoms with E-state index in [4.69, 9.17) is 19.4 Å². The first kappa shape index (κ1) is 40.8. The lowest BCUT2D eigenvalue weighted by molar-refractivity contribution is -0.131. The van der Waals surface area contributed by atoms with Crippen LogP contribution >= 0.6 is 11.3 Å². The van der Waals surface area contributed by atoms with Gasteiger partial charge in [-0.1, -0.05) is 30.7 Å². The van der Waals surface area contributed by atoms with Crippen LogP contribution in [0.25, 0.3) is 22.3 Å². The van der Waals surface area contributed by atoms with E-state index in [1.54, 1.807) is 43.5 Å². The summed E-state index contributed by atoms with van der Waals surface area (Å²) in [5, 5.41) is 19.4. The van der Waals surface area contributed by atoms with E-state index in [1.807, 2.05) is 37.4 Å². The first-order valence-electron chi connectivity index (χ1n) is 20.0. The maximum atomic E-state index is 14.6. The molecule has 60 heavy (non-hydrogen) atoms. The maximum absolute atomic E-state index is 14.6. The Morgan fingerprint density at radius 2 is 1.90 bits per heavy atom. The van der Waals surface area contributed by atoms with Gasteiger partial charge in [0, 0.05) is 54.0 Å². The Morgan fingerprint density at radius 3 is 2.70 bits per heavy atom. The fraction of sp³-hybridized carbons (Fsp3) is 0.381. The van der Waals surface area contributed by atoms with E-state index in [0.29, 0.717) is 46.0 Å². The quantitative estimate of drug-likeness (QED) is 0.117. The van der Waals surface area contributed by atoms with Crippen LogP contribution in [0.5, 0.6) is 11.5 Å². The molecule has 1 aliphatic carbocycles. The van der Waals surface area contributed by atoms with Crippen molar-refractivity contribution in [3.05, 3.63) is 84.0 Å². The summed E-state index contributed by atoms with van der Waals surface area (Å²) in [6, 6.07) is 14.3. The molecule has 16 nitrogen and oxygen atoms in total. The molecule has 2 aliphatic heterocycles. The zero-order valence-electron chi connectivity index (χ0n) is 33.4. The van der Waals surface area contributed by atoms with Gasteiger partial charge in [-0.2, -0.15) is 5.10 Å². The average molecular weight is 854 g/mol. The number of benzene rings is 2. The van der Waals surface area contributed by atoms with E-state index in [2.05, 4.69) is 30.9 Å². The third kappa shape index (κ3) is 8.52. The van der Waals surface area contributed by atoms with Crippen molar-refractivity contribution < 1.29 is 32.3 Å². The molecular weight excluding hydrogens is 807 g/mol. The lowest BCUT2D eigenvalue weighted by atomic mass is 10.1. The number of likely N-dealkylation sites (tertiary alicyclic amines) is 1. The van der Waals surface area contributed by atoms with Gasteiger partial charge < -0.3 is 30.3 Å². The topological polar surface area (TPSA) is 210 Å². The van der Waals surface area contributed by atoms with Crippen molar-refractivity contribution in [2.45, 2.75) is 81.0 Å². The summed E-state index contributed by atoms with van der Waals surface area (Å²) in [6.07, 6.45) is 8.30. The van der Waals surface area contributed by atoms with E-state index < -0.39 is 51.3 Å². The van der Waals surface area contributed by atoms with Crippen LogP contribution in [0.3, 0.4) is 0 Å². The van der Waals surface area contributed by atoms with Gasteiger partial charge in [0.1, 0.15) is 45.5 Å². The van der Waals surface area contributed by atoms with E-state index in [1.165, 1.54) is 34.6 Å². The molecule has 0 unspecified atom stereocenters.